The maximum atomic E-state index is 6.67. The molecular weight excluding hydrogens is 386 g/mol. The Kier molecular flexibility index (Phi) is 4.63. The first-order valence-corrected chi connectivity index (χ1v) is 11.9. The second kappa shape index (κ2) is 6.67. The van der Waals surface area contributed by atoms with Gasteiger partial charge in [-0.25, -0.2) is 0 Å². The lowest BCUT2D eigenvalue weighted by atomic mass is 10.2. The van der Waals surface area contributed by atoms with Crippen LogP contribution in [0.4, 0.5) is 22.7 Å². The van der Waals surface area contributed by atoms with Gasteiger partial charge in [-0.05, 0) is 24.3 Å². The summed E-state index contributed by atoms with van der Waals surface area (Å²) >= 11 is 13.3. The molecule has 4 rings (SSSR count). The van der Waals surface area contributed by atoms with E-state index in [4.69, 9.17) is 22.5 Å². The number of nitrogens with zero attached hydrogens (tertiary/aromatic N) is 4. The summed E-state index contributed by atoms with van der Waals surface area (Å²) in [5.74, 6) is 0. The first-order chi connectivity index (χ1) is 12.4. The van der Waals surface area contributed by atoms with Crippen molar-refractivity contribution in [3.8, 4) is 0 Å². The molecular formula is C19H23Cl2N4P. The number of hydrogen-bond donors (Lipinski definition) is 0. The van der Waals surface area contributed by atoms with Crippen LogP contribution in [-0.4, -0.2) is 46.2 Å². The zero-order valence-corrected chi connectivity index (χ0v) is 17.7. The predicted octanol–water partition coefficient (Wildman–Crippen LogP) is 4.97. The molecule has 2 aliphatic rings. The summed E-state index contributed by atoms with van der Waals surface area (Å²) in [4.78, 5) is 9.24. The normalized spacial score (nSPS) is 17.7. The van der Waals surface area contributed by atoms with Gasteiger partial charge in [-0.15, -0.1) is 0 Å². The minimum absolute atomic E-state index is 0.0538. The van der Waals surface area contributed by atoms with E-state index in [9.17, 15) is 0 Å². The number of benzene rings is 2. The van der Waals surface area contributed by atoms with E-state index in [2.05, 4.69) is 96.3 Å². The van der Waals surface area contributed by atoms with Crippen molar-refractivity contribution >= 4 is 51.9 Å². The number of halogens is 2. The van der Waals surface area contributed by atoms with E-state index in [-0.39, 0.29) is 18.0 Å². The summed E-state index contributed by atoms with van der Waals surface area (Å²) in [6, 6.07) is 16.9. The van der Waals surface area contributed by atoms with Crippen LogP contribution in [-0.2, 0) is 0 Å². The molecule has 0 atom stereocenters. The van der Waals surface area contributed by atoms with Gasteiger partial charge in [0.1, 0.15) is 12.3 Å². The van der Waals surface area contributed by atoms with E-state index in [0.29, 0.717) is 0 Å². The number of fused-ring (bicyclic) bond motifs is 2. The molecule has 2 aliphatic heterocycles. The van der Waals surface area contributed by atoms with E-state index in [1.54, 1.807) is 0 Å². The molecule has 0 fully saturated rings. The van der Waals surface area contributed by atoms with Crippen LogP contribution in [0, 0.1) is 0 Å². The van der Waals surface area contributed by atoms with Crippen molar-refractivity contribution in [2.24, 2.45) is 0 Å². The van der Waals surface area contributed by atoms with E-state index >= 15 is 0 Å². The Morgan fingerprint density at radius 2 is 0.923 bits per heavy atom. The molecule has 7 heteroatoms. The summed E-state index contributed by atoms with van der Waals surface area (Å²) in [6.45, 7) is -1.22. The van der Waals surface area contributed by atoms with Gasteiger partial charge in [-0.3, -0.25) is 0 Å². The second-order valence-electron chi connectivity index (χ2n) is 7.00. The highest BCUT2D eigenvalue weighted by Gasteiger charge is 2.49. The maximum absolute atomic E-state index is 6.67. The molecule has 0 saturated carbocycles. The van der Waals surface area contributed by atoms with Gasteiger partial charge < -0.3 is 19.6 Å². The maximum Gasteiger partial charge on any atom is 0.114 e. The van der Waals surface area contributed by atoms with Gasteiger partial charge in [-0.1, -0.05) is 46.7 Å². The number of anilines is 4. The van der Waals surface area contributed by atoms with Crippen molar-refractivity contribution in [2.45, 2.75) is 18.0 Å². The van der Waals surface area contributed by atoms with Gasteiger partial charge in [0.2, 0.25) is 0 Å². The molecule has 2 aromatic carbocycles. The quantitative estimate of drug-likeness (QED) is 0.664. The van der Waals surface area contributed by atoms with Crippen LogP contribution >= 0.6 is 29.1 Å². The molecule has 138 valence electrons. The van der Waals surface area contributed by atoms with Crippen molar-refractivity contribution in [3.63, 3.8) is 0 Å². The van der Waals surface area contributed by atoms with Crippen LogP contribution in [0.1, 0.15) is 0 Å². The minimum Gasteiger partial charge on any atom is -0.352 e. The Morgan fingerprint density at radius 3 is 1.15 bits per heavy atom. The summed E-state index contributed by atoms with van der Waals surface area (Å²) in [5, 5.41) is 0. The fourth-order valence-electron chi connectivity index (χ4n) is 4.48. The van der Waals surface area contributed by atoms with Crippen LogP contribution in [0.5, 0.6) is 0 Å². The van der Waals surface area contributed by atoms with Crippen LogP contribution in [0.3, 0.4) is 0 Å². The molecule has 0 unspecified atom stereocenters. The number of para-hydroxylation sites is 4. The highest BCUT2D eigenvalue weighted by molar-refractivity contribution is 8.04. The van der Waals surface area contributed by atoms with E-state index in [1.165, 1.54) is 22.7 Å². The topological polar surface area (TPSA) is 13.0 Å². The fourth-order valence-corrected chi connectivity index (χ4v) is 6.90. The van der Waals surface area contributed by atoms with Crippen LogP contribution < -0.4 is 19.6 Å². The molecule has 26 heavy (non-hydrogen) atoms. The number of rotatable bonds is 3. The Morgan fingerprint density at radius 1 is 0.654 bits per heavy atom. The standard InChI is InChI=1S/C19H23Cl2N4P/c1-22-13-9-5-6-10-14(13)23(2)18(22)17(26(20)21)19-24(3)15-11-7-8-12-16(15)25(19)4/h5-12,17-19H,1-4H3. The summed E-state index contributed by atoms with van der Waals surface area (Å²) in [5.41, 5.74) is 4.93. The highest BCUT2D eigenvalue weighted by Crippen LogP contribution is 2.59. The summed E-state index contributed by atoms with van der Waals surface area (Å²) < 4.78 is 0. The largest absolute Gasteiger partial charge is 0.352 e. The zero-order valence-electron chi connectivity index (χ0n) is 15.3. The van der Waals surface area contributed by atoms with Crippen LogP contribution in [0.15, 0.2) is 48.5 Å². The molecule has 0 bridgehead atoms. The molecule has 0 aromatic heterocycles. The van der Waals surface area contributed by atoms with Crippen molar-refractivity contribution in [2.75, 3.05) is 47.8 Å². The minimum atomic E-state index is -1.22. The summed E-state index contributed by atoms with van der Waals surface area (Å²) in [7, 11) is 8.53. The molecule has 4 nitrogen and oxygen atoms in total. The van der Waals surface area contributed by atoms with Crippen molar-refractivity contribution in [1.82, 2.24) is 0 Å². The Bertz CT molecular complexity index is 696. The lowest BCUT2D eigenvalue weighted by Gasteiger charge is -2.43. The average Bonchev–Trinajstić information content (AvgIpc) is 3.03. The monoisotopic (exact) mass is 408 g/mol. The lowest BCUT2D eigenvalue weighted by Crippen LogP contribution is -2.58. The van der Waals surface area contributed by atoms with E-state index in [0.717, 1.165) is 0 Å². The van der Waals surface area contributed by atoms with E-state index in [1.807, 2.05) is 0 Å². The first kappa shape index (κ1) is 18.0. The first-order valence-electron chi connectivity index (χ1n) is 8.63. The Labute approximate surface area is 166 Å². The predicted molar refractivity (Wildman–Crippen MR) is 116 cm³/mol. The lowest BCUT2D eigenvalue weighted by molar-refractivity contribution is 0.517. The molecule has 0 amide bonds. The van der Waals surface area contributed by atoms with Crippen LogP contribution in [0.2, 0.25) is 0 Å². The fraction of sp³-hybridized carbons (Fsp3) is 0.368. The SMILES string of the molecule is CN1c2ccccc2N(C)C1C(C1N(C)c2ccccc2N1C)P(Cl)Cl. The second-order valence-corrected chi connectivity index (χ2v) is 10.8. The zero-order chi connectivity index (χ0) is 18.6. The van der Waals surface area contributed by atoms with Crippen LogP contribution in [0.25, 0.3) is 0 Å². The highest BCUT2D eigenvalue weighted by atomic mass is 35.9. The van der Waals surface area contributed by atoms with Gasteiger partial charge in [0.15, 0.2) is 0 Å². The van der Waals surface area contributed by atoms with E-state index < -0.39 is 6.63 Å². The van der Waals surface area contributed by atoms with Gasteiger partial charge in [0.25, 0.3) is 0 Å². The van der Waals surface area contributed by atoms with Gasteiger partial charge >= 0.3 is 0 Å². The van der Waals surface area contributed by atoms with Crippen molar-refractivity contribution in [1.29, 1.82) is 0 Å². The van der Waals surface area contributed by atoms with Gasteiger partial charge in [-0.2, -0.15) is 0 Å². The Hall–Kier alpha value is -1.35. The molecule has 2 aromatic rings. The molecule has 0 radical (unpaired) electrons. The summed E-state index contributed by atoms with van der Waals surface area (Å²) in [6.07, 6.45) is 0.190. The molecule has 0 N–H and O–H groups in total. The molecule has 0 spiro atoms. The van der Waals surface area contributed by atoms with Crippen molar-refractivity contribution < 1.29 is 0 Å². The van der Waals surface area contributed by atoms with Crippen molar-refractivity contribution in [3.05, 3.63) is 48.5 Å². The molecule has 2 heterocycles. The third kappa shape index (κ3) is 2.54. The Balaban J connectivity index is 1.75. The third-order valence-electron chi connectivity index (χ3n) is 5.71. The molecule has 0 saturated heterocycles. The van der Waals surface area contributed by atoms with Gasteiger partial charge in [0.05, 0.1) is 35.0 Å². The average molecular weight is 409 g/mol. The smallest absolute Gasteiger partial charge is 0.114 e. The molecule has 0 aliphatic carbocycles. The van der Waals surface area contributed by atoms with Gasteiger partial charge in [0, 0.05) is 28.2 Å². The number of hydrogen-bond acceptors (Lipinski definition) is 4. The third-order valence-corrected chi connectivity index (χ3v) is 8.04.